The molecule has 0 spiro atoms. The molecule has 3 aromatic rings. The molecule has 0 atom stereocenters. The van der Waals surface area contributed by atoms with Gasteiger partial charge in [-0.15, -0.1) is 4.31 Å². The number of hydrogen-bond acceptors (Lipinski definition) is 4. The Labute approximate surface area is 150 Å². The Morgan fingerprint density at radius 2 is 1.42 bits per heavy atom. The Morgan fingerprint density at radius 1 is 0.769 bits per heavy atom. The third-order valence-electron chi connectivity index (χ3n) is 4.25. The number of fused-ring (bicyclic) bond motifs is 1. The lowest BCUT2D eigenvalue weighted by molar-refractivity contribution is -0.121. The highest BCUT2D eigenvalue weighted by Crippen LogP contribution is 2.28. The van der Waals surface area contributed by atoms with Crippen molar-refractivity contribution in [1.82, 2.24) is 4.31 Å². The molecule has 1 heterocycles. The minimum atomic E-state index is -4.28. The van der Waals surface area contributed by atoms with Crippen molar-refractivity contribution in [3.8, 4) is 0 Å². The molecule has 130 valence electrons. The van der Waals surface area contributed by atoms with Gasteiger partial charge in [-0.1, -0.05) is 48.5 Å². The van der Waals surface area contributed by atoms with Crippen molar-refractivity contribution < 1.29 is 18.0 Å². The Kier molecular flexibility index (Phi) is 3.73. The third-order valence-corrected chi connectivity index (χ3v) is 5.94. The second kappa shape index (κ2) is 5.96. The van der Waals surface area contributed by atoms with E-state index in [4.69, 9.17) is 0 Å². The lowest BCUT2D eigenvalue weighted by Crippen LogP contribution is -2.38. The van der Waals surface area contributed by atoms with Crippen LogP contribution in [0.4, 0.5) is 10.5 Å². The maximum atomic E-state index is 12.9. The zero-order chi connectivity index (χ0) is 18.3. The minimum absolute atomic E-state index is 0.0900. The molecule has 1 fully saturated rings. The van der Waals surface area contributed by atoms with Crippen LogP contribution < -0.4 is 4.90 Å². The van der Waals surface area contributed by atoms with Crippen LogP contribution in [0.15, 0.2) is 77.7 Å². The van der Waals surface area contributed by atoms with Crippen molar-refractivity contribution in [3.05, 3.63) is 72.8 Å². The second-order valence-corrected chi connectivity index (χ2v) is 7.66. The van der Waals surface area contributed by atoms with Crippen LogP contribution in [-0.4, -0.2) is 31.2 Å². The van der Waals surface area contributed by atoms with E-state index in [1.807, 2.05) is 12.1 Å². The zero-order valence-corrected chi connectivity index (χ0v) is 14.4. The van der Waals surface area contributed by atoms with Crippen molar-refractivity contribution in [2.45, 2.75) is 4.90 Å². The summed E-state index contributed by atoms with van der Waals surface area (Å²) in [6, 6.07) is 19.4. The number of urea groups is 1. The van der Waals surface area contributed by atoms with E-state index < -0.39 is 22.0 Å². The first kappa shape index (κ1) is 16.3. The average molecular weight is 366 g/mol. The Morgan fingerprint density at radius 3 is 2.15 bits per heavy atom. The van der Waals surface area contributed by atoms with E-state index in [1.165, 1.54) is 12.1 Å². The Bertz CT molecular complexity index is 1130. The summed E-state index contributed by atoms with van der Waals surface area (Å²) in [5.41, 5.74) is 0.474. The van der Waals surface area contributed by atoms with Gasteiger partial charge in [-0.3, -0.25) is 9.69 Å². The van der Waals surface area contributed by atoms with Gasteiger partial charge in [-0.2, -0.15) is 0 Å². The number of hydrogen-bond donors (Lipinski definition) is 0. The first-order valence-corrected chi connectivity index (χ1v) is 9.36. The molecule has 1 saturated heterocycles. The number of amides is 3. The summed E-state index contributed by atoms with van der Waals surface area (Å²) in [6.45, 7) is -0.310. The number of carbonyl (C=O) groups excluding carboxylic acids is 2. The van der Waals surface area contributed by atoms with Crippen LogP contribution in [0.1, 0.15) is 0 Å². The molecule has 6 nitrogen and oxygen atoms in total. The summed E-state index contributed by atoms with van der Waals surface area (Å²) in [5, 5.41) is 1.59. The number of nitrogens with zero attached hydrogens (tertiary/aromatic N) is 2. The average Bonchev–Trinajstić information content (AvgIpc) is 2.97. The van der Waals surface area contributed by atoms with Crippen LogP contribution in [0.2, 0.25) is 0 Å². The fourth-order valence-electron chi connectivity index (χ4n) is 2.96. The van der Waals surface area contributed by atoms with Crippen molar-refractivity contribution >= 4 is 38.4 Å². The van der Waals surface area contributed by atoms with Gasteiger partial charge in [0, 0.05) is 5.69 Å². The number of benzene rings is 3. The quantitative estimate of drug-likeness (QED) is 0.668. The third kappa shape index (κ3) is 2.53. The van der Waals surface area contributed by atoms with Gasteiger partial charge >= 0.3 is 6.03 Å². The number of para-hydroxylation sites is 1. The van der Waals surface area contributed by atoms with Crippen molar-refractivity contribution in [1.29, 1.82) is 0 Å². The van der Waals surface area contributed by atoms with Gasteiger partial charge in [0.15, 0.2) is 0 Å². The van der Waals surface area contributed by atoms with Gasteiger partial charge in [0.2, 0.25) is 0 Å². The van der Waals surface area contributed by atoms with Crippen molar-refractivity contribution in [2.75, 3.05) is 11.4 Å². The van der Waals surface area contributed by atoms with Gasteiger partial charge < -0.3 is 0 Å². The van der Waals surface area contributed by atoms with E-state index in [-0.39, 0.29) is 11.4 Å². The Hall–Kier alpha value is -3.19. The van der Waals surface area contributed by atoms with E-state index in [9.17, 15) is 18.0 Å². The van der Waals surface area contributed by atoms with Gasteiger partial charge in [0.25, 0.3) is 15.9 Å². The SMILES string of the molecule is O=C1CN(c2ccccc2)C(=O)N1S(=O)(=O)c1ccc2ccccc2c1. The van der Waals surface area contributed by atoms with E-state index in [0.717, 1.165) is 10.3 Å². The van der Waals surface area contributed by atoms with Crippen LogP contribution in [0.25, 0.3) is 10.8 Å². The number of imide groups is 1. The van der Waals surface area contributed by atoms with Gasteiger partial charge in [0.05, 0.1) is 4.90 Å². The highest BCUT2D eigenvalue weighted by Gasteiger charge is 2.45. The molecule has 3 aromatic carbocycles. The van der Waals surface area contributed by atoms with Crippen LogP contribution in [0, 0.1) is 0 Å². The maximum absolute atomic E-state index is 12.9. The zero-order valence-electron chi connectivity index (χ0n) is 13.6. The first-order valence-electron chi connectivity index (χ1n) is 7.92. The summed E-state index contributed by atoms with van der Waals surface area (Å²) in [7, 11) is -4.28. The minimum Gasteiger partial charge on any atom is -0.284 e. The lowest BCUT2D eigenvalue weighted by atomic mass is 10.1. The topological polar surface area (TPSA) is 74.8 Å². The molecule has 0 unspecified atom stereocenters. The second-order valence-electron chi connectivity index (χ2n) is 5.88. The predicted molar refractivity (Wildman–Crippen MR) is 97.2 cm³/mol. The Balaban J connectivity index is 1.75. The van der Waals surface area contributed by atoms with Gasteiger partial charge in [-0.25, -0.2) is 13.2 Å². The van der Waals surface area contributed by atoms with Gasteiger partial charge in [-0.05, 0) is 35.0 Å². The molecule has 0 aliphatic carbocycles. The molecule has 4 rings (SSSR count). The number of sulfonamides is 1. The van der Waals surface area contributed by atoms with E-state index in [0.29, 0.717) is 15.4 Å². The molecular weight excluding hydrogens is 352 g/mol. The molecule has 7 heteroatoms. The van der Waals surface area contributed by atoms with E-state index >= 15 is 0 Å². The van der Waals surface area contributed by atoms with Crippen LogP contribution in [0.3, 0.4) is 0 Å². The van der Waals surface area contributed by atoms with Crippen LogP contribution >= 0.6 is 0 Å². The molecule has 26 heavy (non-hydrogen) atoms. The highest BCUT2D eigenvalue weighted by atomic mass is 32.2. The molecule has 0 saturated carbocycles. The predicted octanol–water partition coefficient (Wildman–Crippen LogP) is 3.00. The molecule has 0 N–H and O–H groups in total. The molecule has 0 aromatic heterocycles. The van der Waals surface area contributed by atoms with E-state index in [1.54, 1.807) is 48.5 Å². The summed E-state index contributed by atoms with van der Waals surface area (Å²) in [5.74, 6) is -0.771. The molecule has 0 bridgehead atoms. The smallest absolute Gasteiger partial charge is 0.284 e. The summed E-state index contributed by atoms with van der Waals surface area (Å²) < 4.78 is 26.2. The van der Waals surface area contributed by atoms with E-state index in [2.05, 4.69) is 0 Å². The van der Waals surface area contributed by atoms with Crippen LogP contribution in [-0.2, 0) is 14.8 Å². The highest BCUT2D eigenvalue weighted by molar-refractivity contribution is 7.90. The van der Waals surface area contributed by atoms with Crippen molar-refractivity contribution in [2.24, 2.45) is 0 Å². The number of anilines is 1. The normalized spacial score (nSPS) is 15.1. The number of carbonyl (C=O) groups is 2. The molecule has 1 aliphatic rings. The standard InChI is InChI=1S/C19H14N2O4S/c22-18-13-20(16-8-2-1-3-9-16)19(23)21(18)26(24,25)17-11-10-14-6-4-5-7-15(14)12-17/h1-12H,13H2. The first-order chi connectivity index (χ1) is 12.5. The fourth-order valence-corrected chi connectivity index (χ4v) is 4.32. The largest absolute Gasteiger partial charge is 0.346 e. The van der Waals surface area contributed by atoms with Crippen molar-refractivity contribution in [3.63, 3.8) is 0 Å². The number of rotatable bonds is 3. The molecular formula is C19H14N2O4S. The summed E-state index contributed by atoms with van der Waals surface area (Å²) in [6.07, 6.45) is 0. The molecule has 0 radical (unpaired) electrons. The van der Waals surface area contributed by atoms with Crippen LogP contribution in [0.5, 0.6) is 0 Å². The monoisotopic (exact) mass is 366 g/mol. The maximum Gasteiger partial charge on any atom is 0.346 e. The molecule has 3 amide bonds. The fraction of sp³-hybridized carbons (Fsp3) is 0.0526. The van der Waals surface area contributed by atoms with Gasteiger partial charge in [0.1, 0.15) is 6.54 Å². The summed E-state index contributed by atoms with van der Waals surface area (Å²) in [4.78, 5) is 26.1. The lowest BCUT2D eigenvalue weighted by Gasteiger charge is -2.17. The summed E-state index contributed by atoms with van der Waals surface area (Å²) >= 11 is 0. The molecule has 1 aliphatic heterocycles.